The summed E-state index contributed by atoms with van der Waals surface area (Å²) in [5.41, 5.74) is 1.90. The van der Waals surface area contributed by atoms with E-state index in [-0.39, 0.29) is 31.3 Å². The van der Waals surface area contributed by atoms with Gasteiger partial charge in [0, 0.05) is 12.1 Å². The molecule has 1 aromatic rings. The number of methoxy groups -OCH3 is 2. The van der Waals surface area contributed by atoms with Gasteiger partial charge in [-0.25, -0.2) is 0 Å². The lowest BCUT2D eigenvalue weighted by molar-refractivity contribution is -0.140. The van der Waals surface area contributed by atoms with Crippen molar-refractivity contribution in [2.24, 2.45) is 0 Å². The van der Waals surface area contributed by atoms with E-state index in [9.17, 15) is 9.59 Å². The Bertz CT molecular complexity index is 457. The highest BCUT2D eigenvalue weighted by molar-refractivity contribution is 5.80. The van der Waals surface area contributed by atoms with Crippen molar-refractivity contribution in [3.8, 4) is 5.75 Å². The first-order valence-electron chi connectivity index (χ1n) is 6.04. The average molecular weight is 265 g/mol. The maximum atomic E-state index is 11.7. The van der Waals surface area contributed by atoms with E-state index in [0.29, 0.717) is 5.75 Å². The van der Waals surface area contributed by atoms with E-state index in [0.717, 1.165) is 11.1 Å². The van der Waals surface area contributed by atoms with E-state index in [1.807, 2.05) is 25.1 Å². The molecule has 0 bridgehead atoms. The summed E-state index contributed by atoms with van der Waals surface area (Å²) < 4.78 is 9.70. The summed E-state index contributed by atoms with van der Waals surface area (Å²) in [6, 6.07) is 5.68. The molecular weight excluding hydrogens is 246 g/mol. The second-order valence-electron chi connectivity index (χ2n) is 4.17. The third-order valence-electron chi connectivity index (χ3n) is 2.67. The zero-order valence-corrected chi connectivity index (χ0v) is 11.5. The Kier molecular flexibility index (Phi) is 5.85. The quantitative estimate of drug-likeness (QED) is 0.786. The van der Waals surface area contributed by atoms with Crippen molar-refractivity contribution in [1.29, 1.82) is 0 Å². The number of benzene rings is 1. The van der Waals surface area contributed by atoms with Crippen LogP contribution < -0.4 is 10.1 Å². The zero-order valence-electron chi connectivity index (χ0n) is 11.5. The molecular formula is C14H19NO4. The molecule has 0 aromatic heterocycles. The summed E-state index contributed by atoms with van der Waals surface area (Å²) >= 11 is 0. The monoisotopic (exact) mass is 265 g/mol. The molecule has 0 aliphatic carbocycles. The third-order valence-corrected chi connectivity index (χ3v) is 2.67. The largest absolute Gasteiger partial charge is 0.496 e. The lowest BCUT2D eigenvalue weighted by Gasteiger charge is -2.09. The number of esters is 1. The molecule has 1 rings (SSSR count). The van der Waals surface area contributed by atoms with Crippen LogP contribution in [0.25, 0.3) is 0 Å². The molecule has 0 spiro atoms. The minimum absolute atomic E-state index is 0.146. The SMILES string of the molecule is COC(=O)CCNC(=O)Cc1cc(C)ccc1OC. The van der Waals surface area contributed by atoms with Gasteiger partial charge in [-0.1, -0.05) is 17.7 Å². The number of ether oxygens (including phenoxy) is 2. The number of carbonyl (C=O) groups excluding carboxylic acids is 2. The third kappa shape index (κ3) is 4.99. The van der Waals surface area contributed by atoms with Crippen molar-refractivity contribution in [3.63, 3.8) is 0 Å². The summed E-state index contributed by atoms with van der Waals surface area (Å²) in [5, 5.41) is 2.67. The predicted molar refractivity (Wildman–Crippen MR) is 71.1 cm³/mol. The molecule has 0 saturated carbocycles. The van der Waals surface area contributed by atoms with Crippen molar-refractivity contribution in [2.45, 2.75) is 19.8 Å². The van der Waals surface area contributed by atoms with Gasteiger partial charge < -0.3 is 14.8 Å². The Morgan fingerprint density at radius 1 is 1.26 bits per heavy atom. The fourth-order valence-corrected chi connectivity index (χ4v) is 1.69. The molecule has 5 heteroatoms. The van der Waals surface area contributed by atoms with Gasteiger partial charge in [0.05, 0.1) is 27.1 Å². The molecule has 0 saturated heterocycles. The smallest absolute Gasteiger partial charge is 0.307 e. The molecule has 0 heterocycles. The summed E-state index contributed by atoms with van der Waals surface area (Å²) in [6.07, 6.45) is 0.402. The van der Waals surface area contributed by atoms with Crippen molar-refractivity contribution in [3.05, 3.63) is 29.3 Å². The van der Waals surface area contributed by atoms with Crippen LogP contribution in [-0.2, 0) is 20.7 Å². The predicted octanol–water partition coefficient (Wildman–Crippen LogP) is 1.23. The number of rotatable bonds is 6. The number of carbonyl (C=O) groups is 2. The van der Waals surface area contributed by atoms with Crippen LogP contribution in [-0.4, -0.2) is 32.6 Å². The van der Waals surface area contributed by atoms with Gasteiger partial charge in [0.25, 0.3) is 0 Å². The van der Waals surface area contributed by atoms with Crippen molar-refractivity contribution >= 4 is 11.9 Å². The molecule has 0 atom stereocenters. The minimum atomic E-state index is -0.339. The highest BCUT2D eigenvalue weighted by atomic mass is 16.5. The fraction of sp³-hybridized carbons (Fsp3) is 0.429. The van der Waals surface area contributed by atoms with E-state index in [1.54, 1.807) is 7.11 Å². The summed E-state index contributed by atoms with van der Waals surface area (Å²) in [7, 11) is 2.89. The van der Waals surface area contributed by atoms with Gasteiger partial charge in [-0.3, -0.25) is 9.59 Å². The lowest BCUT2D eigenvalue weighted by atomic mass is 10.1. The molecule has 0 radical (unpaired) electrons. The first-order valence-corrected chi connectivity index (χ1v) is 6.04. The minimum Gasteiger partial charge on any atom is -0.496 e. The highest BCUT2D eigenvalue weighted by Crippen LogP contribution is 2.19. The zero-order chi connectivity index (χ0) is 14.3. The Morgan fingerprint density at radius 2 is 2.00 bits per heavy atom. The maximum Gasteiger partial charge on any atom is 0.307 e. The van der Waals surface area contributed by atoms with E-state index in [4.69, 9.17) is 4.74 Å². The maximum absolute atomic E-state index is 11.7. The van der Waals surface area contributed by atoms with Crippen LogP contribution >= 0.6 is 0 Å². The van der Waals surface area contributed by atoms with Gasteiger partial charge in [-0.05, 0) is 13.0 Å². The van der Waals surface area contributed by atoms with E-state index < -0.39 is 0 Å². The highest BCUT2D eigenvalue weighted by Gasteiger charge is 2.09. The van der Waals surface area contributed by atoms with Crippen LogP contribution in [0.1, 0.15) is 17.5 Å². The Morgan fingerprint density at radius 3 is 2.63 bits per heavy atom. The first-order chi connectivity index (χ1) is 9.06. The van der Waals surface area contributed by atoms with Gasteiger partial charge in [0.1, 0.15) is 5.75 Å². The van der Waals surface area contributed by atoms with Gasteiger partial charge in [0.2, 0.25) is 5.91 Å². The van der Waals surface area contributed by atoms with Crippen LogP contribution in [0, 0.1) is 6.92 Å². The Hall–Kier alpha value is -2.04. The first kappa shape index (κ1) is 15.0. The number of hydrogen-bond acceptors (Lipinski definition) is 4. The van der Waals surface area contributed by atoms with Crippen LogP contribution in [0.5, 0.6) is 5.75 Å². The molecule has 1 N–H and O–H groups in total. The molecule has 5 nitrogen and oxygen atoms in total. The van der Waals surface area contributed by atoms with Crippen LogP contribution in [0.4, 0.5) is 0 Å². The molecule has 1 amide bonds. The van der Waals surface area contributed by atoms with E-state index >= 15 is 0 Å². The number of aryl methyl sites for hydroxylation is 1. The van der Waals surface area contributed by atoms with Crippen LogP contribution in [0.3, 0.4) is 0 Å². The average Bonchev–Trinajstić information content (AvgIpc) is 2.38. The molecule has 0 aliphatic heterocycles. The standard InChI is InChI=1S/C14H19NO4/c1-10-4-5-12(18-2)11(8-10)9-13(16)15-7-6-14(17)19-3/h4-5,8H,6-7,9H2,1-3H3,(H,15,16). The van der Waals surface area contributed by atoms with Crippen LogP contribution in [0.15, 0.2) is 18.2 Å². The number of nitrogens with one attached hydrogen (secondary N) is 1. The van der Waals surface area contributed by atoms with E-state index in [1.165, 1.54) is 7.11 Å². The summed E-state index contributed by atoms with van der Waals surface area (Å²) in [5.74, 6) is 0.204. The van der Waals surface area contributed by atoms with Gasteiger partial charge in [-0.15, -0.1) is 0 Å². The van der Waals surface area contributed by atoms with Crippen molar-refractivity contribution in [2.75, 3.05) is 20.8 Å². The molecule has 104 valence electrons. The molecule has 0 fully saturated rings. The number of amides is 1. The second-order valence-corrected chi connectivity index (χ2v) is 4.17. The van der Waals surface area contributed by atoms with Crippen molar-refractivity contribution in [1.82, 2.24) is 5.32 Å². The number of hydrogen-bond donors (Lipinski definition) is 1. The Balaban J connectivity index is 2.52. The van der Waals surface area contributed by atoms with Gasteiger partial charge >= 0.3 is 5.97 Å². The lowest BCUT2D eigenvalue weighted by Crippen LogP contribution is -2.27. The summed E-state index contributed by atoms with van der Waals surface area (Å²) in [4.78, 5) is 22.6. The van der Waals surface area contributed by atoms with Gasteiger partial charge in [0.15, 0.2) is 0 Å². The van der Waals surface area contributed by atoms with Crippen LogP contribution in [0.2, 0.25) is 0 Å². The topological polar surface area (TPSA) is 64.6 Å². The normalized spacial score (nSPS) is 9.84. The van der Waals surface area contributed by atoms with Crippen molar-refractivity contribution < 1.29 is 19.1 Å². The summed E-state index contributed by atoms with van der Waals surface area (Å²) in [6.45, 7) is 2.23. The second kappa shape index (κ2) is 7.41. The fourth-order valence-electron chi connectivity index (χ4n) is 1.69. The molecule has 0 aliphatic rings. The van der Waals surface area contributed by atoms with E-state index in [2.05, 4.69) is 10.1 Å². The molecule has 0 unspecified atom stereocenters. The van der Waals surface area contributed by atoms with Gasteiger partial charge in [-0.2, -0.15) is 0 Å². The molecule has 19 heavy (non-hydrogen) atoms. The Labute approximate surface area is 112 Å². The molecule has 1 aromatic carbocycles.